The molecule has 82 valence electrons. The van der Waals surface area contributed by atoms with Crippen LogP contribution in [0, 0.1) is 5.82 Å². The molecular formula is C10H11ClFNO2. The van der Waals surface area contributed by atoms with E-state index in [9.17, 15) is 9.18 Å². The molecule has 0 saturated carbocycles. The lowest BCUT2D eigenvalue weighted by Gasteiger charge is -2.05. The summed E-state index contributed by atoms with van der Waals surface area (Å²) in [6, 6.07) is 2.77. The molecule has 0 radical (unpaired) electrons. The van der Waals surface area contributed by atoms with Crippen LogP contribution in [0.25, 0.3) is 0 Å². The lowest BCUT2D eigenvalue weighted by atomic mass is 10.0. The zero-order chi connectivity index (χ0) is 10.1. The number of carbonyl (C=O) groups excluding carboxylic acids is 1. The number of methoxy groups -OCH3 is 1. The van der Waals surface area contributed by atoms with Gasteiger partial charge in [-0.3, -0.25) is 0 Å². The summed E-state index contributed by atoms with van der Waals surface area (Å²) in [6.45, 7) is 1.00. The van der Waals surface area contributed by atoms with Crippen LogP contribution in [0.3, 0.4) is 0 Å². The van der Waals surface area contributed by atoms with Crippen LogP contribution in [0.1, 0.15) is 21.5 Å². The highest BCUT2D eigenvalue weighted by Crippen LogP contribution is 2.23. The fourth-order valence-corrected chi connectivity index (χ4v) is 1.67. The molecule has 0 saturated heterocycles. The Hall–Kier alpha value is -1.13. The van der Waals surface area contributed by atoms with E-state index >= 15 is 0 Å². The zero-order valence-electron chi connectivity index (χ0n) is 8.17. The van der Waals surface area contributed by atoms with Gasteiger partial charge in [-0.15, -0.1) is 12.4 Å². The molecule has 0 spiro atoms. The van der Waals surface area contributed by atoms with Crippen molar-refractivity contribution < 1.29 is 13.9 Å². The average Bonchev–Trinajstić information content (AvgIpc) is 2.67. The van der Waals surface area contributed by atoms with Crippen molar-refractivity contribution in [2.45, 2.75) is 13.1 Å². The first-order valence-corrected chi connectivity index (χ1v) is 4.33. The molecule has 0 fully saturated rings. The van der Waals surface area contributed by atoms with E-state index in [-0.39, 0.29) is 18.2 Å². The molecule has 3 nitrogen and oxygen atoms in total. The van der Waals surface area contributed by atoms with E-state index in [0.29, 0.717) is 24.2 Å². The Bertz CT molecular complexity index is 395. The first kappa shape index (κ1) is 11.9. The molecule has 1 heterocycles. The maximum absolute atomic E-state index is 13.2. The fourth-order valence-electron chi connectivity index (χ4n) is 1.67. The van der Waals surface area contributed by atoms with Gasteiger partial charge in [-0.05, 0) is 17.7 Å². The van der Waals surface area contributed by atoms with Gasteiger partial charge in [0.1, 0.15) is 5.82 Å². The van der Waals surface area contributed by atoms with E-state index in [1.54, 1.807) is 0 Å². The number of fused-ring (bicyclic) bond motifs is 1. The fraction of sp³-hybridized carbons (Fsp3) is 0.300. The molecule has 2 rings (SSSR count). The first-order valence-electron chi connectivity index (χ1n) is 4.33. The van der Waals surface area contributed by atoms with Gasteiger partial charge in [0.25, 0.3) is 0 Å². The first-order chi connectivity index (χ1) is 6.74. The number of rotatable bonds is 1. The molecule has 0 aliphatic carbocycles. The lowest BCUT2D eigenvalue weighted by Crippen LogP contribution is -2.07. The maximum Gasteiger partial charge on any atom is 0.338 e. The highest BCUT2D eigenvalue weighted by molar-refractivity contribution is 5.91. The Morgan fingerprint density at radius 3 is 2.73 bits per heavy atom. The van der Waals surface area contributed by atoms with Crippen molar-refractivity contribution in [1.82, 2.24) is 5.32 Å². The van der Waals surface area contributed by atoms with Crippen molar-refractivity contribution in [1.29, 1.82) is 0 Å². The van der Waals surface area contributed by atoms with Crippen LogP contribution in [0.2, 0.25) is 0 Å². The van der Waals surface area contributed by atoms with Gasteiger partial charge in [0.05, 0.1) is 12.7 Å². The van der Waals surface area contributed by atoms with E-state index in [0.717, 1.165) is 5.56 Å². The molecule has 1 aromatic carbocycles. The summed E-state index contributed by atoms with van der Waals surface area (Å²) in [4.78, 5) is 11.3. The molecule has 5 heteroatoms. The minimum absolute atomic E-state index is 0. The molecule has 1 aliphatic heterocycles. The summed E-state index contributed by atoms with van der Waals surface area (Å²) in [6.07, 6.45) is 0. The van der Waals surface area contributed by atoms with Crippen LogP contribution in [0.4, 0.5) is 4.39 Å². The van der Waals surface area contributed by atoms with Crippen LogP contribution in [-0.2, 0) is 17.8 Å². The molecule has 1 aromatic rings. The average molecular weight is 232 g/mol. The summed E-state index contributed by atoms with van der Waals surface area (Å²) in [5, 5.41) is 3.00. The molecular weight excluding hydrogens is 221 g/mol. The minimum Gasteiger partial charge on any atom is -0.465 e. The van der Waals surface area contributed by atoms with Crippen molar-refractivity contribution in [2.75, 3.05) is 7.11 Å². The number of hydrogen-bond donors (Lipinski definition) is 1. The molecule has 0 aromatic heterocycles. The number of hydrogen-bond acceptors (Lipinski definition) is 3. The monoisotopic (exact) mass is 231 g/mol. The van der Waals surface area contributed by atoms with Crippen LogP contribution >= 0.6 is 12.4 Å². The third-order valence-electron chi connectivity index (χ3n) is 2.38. The van der Waals surface area contributed by atoms with Crippen molar-refractivity contribution in [2.24, 2.45) is 0 Å². The third-order valence-corrected chi connectivity index (χ3v) is 2.38. The highest BCUT2D eigenvalue weighted by Gasteiger charge is 2.21. The van der Waals surface area contributed by atoms with Gasteiger partial charge in [0.2, 0.25) is 0 Å². The number of nitrogens with one attached hydrogen (secondary N) is 1. The quantitative estimate of drug-likeness (QED) is 0.747. The van der Waals surface area contributed by atoms with E-state index in [2.05, 4.69) is 10.1 Å². The van der Waals surface area contributed by atoms with E-state index in [1.807, 2.05) is 0 Å². The van der Waals surface area contributed by atoms with Gasteiger partial charge in [-0.1, -0.05) is 0 Å². The second kappa shape index (κ2) is 4.59. The molecule has 0 unspecified atom stereocenters. The molecule has 15 heavy (non-hydrogen) atoms. The molecule has 1 N–H and O–H groups in total. The van der Waals surface area contributed by atoms with Gasteiger partial charge >= 0.3 is 5.97 Å². The van der Waals surface area contributed by atoms with Crippen LogP contribution in [-0.4, -0.2) is 13.1 Å². The number of halogens is 2. The predicted molar refractivity (Wildman–Crippen MR) is 55.5 cm³/mol. The largest absolute Gasteiger partial charge is 0.465 e. The van der Waals surface area contributed by atoms with E-state index < -0.39 is 5.97 Å². The van der Waals surface area contributed by atoms with Crippen molar-refractivity contribution in [3.63, 3.8) is 0 Å². The summed E-state index contributed by atoms with van der Waals surface area (Å²) in [7, 11) is 1.32. The second-order valence-corrected chi connectivity index (χ2v) is 3.15. The number of esters is 1. The van der Waals surface area contributed by atoms with E-state index in [1.165, 1.54) is 19.2 Å². The molecule has 0 bridgehead atoms. The summed E-state index contributed by atoms with van der Waals surface area (Å²) >= 11 is 0. The Morgan fingerprint density at radius 1 is 1.40 bits per heavy atom. The van der Waals surface area contributed by atoms with Gasteiger partial charge in [0, 0.05) is 18.7 Å². The number of carbonyl (C=O) groups is 1. The third kappa shape index (κ3) is 1.96. The summed E-state index contributed by atoms with van der Waals surface area (Å²) in [5.41, 5.74) is 1.75. The standard InChI is InChI=1S/C10H10FNO2.ClH/c1-14-10(13)6-2-3-9(11)8-5-12-4-7(6)8;/h2-3,12H,4-5H2,1H3;1H. The summed E-state index contributed by atoms with van der Waals surface area (Å²) in [5.74, 6) is -0.678. The van der Waals surface area contributed by atoms with E-state index in [4.69, 9.17) is 0 Å². The van der Waals surface area contributed by atoms with Crippen molar-refractivity contribution in [3.8, 4) is 0 Å². The van der Waals surface area contributed by atoms with Gasteiger partial charge in [-0.2, -0.15) is 0 Å². The van der Waals surface area contributed by atoms with Crippen LogP contribution < -0.4 is 5.32 Å². The topological polar surface area (TPSA) is 38.3 Å². The zero-order valence-corrected chi connectivity index (χ0v) is 8.99. The number of ether oxygens (including phenoxy) is 1. The molecule has 1 aliphatic rings. The second-order valence-electron chi connectivity index (χ2n) is 3.15. The predicted octanol–water partition coefficient (Wildman–Crippen LogP) is 1.64. The molecule has 0 amide bonds. The van der Waals surface area contributed by atoms with Gasteiger partial charge < -0.3 is 10.1 Å². The van der Waals surface area contributed by atoms with Gasteiger partial charge in [0.15, 0.2) is 0 Å². The van der Waals surface area contributed by atoms with Crippen LogP contribution in [0.5, 0.6) is 0 Å². The Morgan fingerprint density at radius 2 is 2.07 bits per heavy atom. The Balaban J connectivity index is 0.00000112. The SMILES string of the molecule is COC(=O)c1ccc(F)c2c1CNC2.Cl. The Labute approximate surface area is 93.0 Å². The van der Waals surface area contributed by atoms with Gasteiger partial charge in [-0.25, -0.2) is 9.18 Å². The van der Waals surface area contributed by atoms with Crippen molar-refractivity contribution in [3.05, 3.63) is 34.6 Å². The van der Waals surface area contributed by atoms with Crippen molar-refractivity contribution >= 4 is 18.4 Å². The highest BCUT2D eigenvalue weighted by atomic mass is 35.5. The smallest absolute Gasteiger partial charge is 0.338 e. The maximum atomic E-state index is 13.2. The van der Waals surface area contributed by atoms with Crippen LogP contribution in [0.15, 0.2) is 12.1 Å². The normalized spacial score (nSPS) is 12.9. The Kier molecular flexibility index (Phi) is 3.66. The lowest BCUT2D eigenvalue weighted by molar-refractivity contribution is 0.0599. The molecule has 0 atom stereocenters. The summed E-state index contributed by atoms with van der Waals surface area (Å²) < 4.78 is 17.9. The number of benzene rings is 1. The minimum atomic E-state index is -0.412.